The molecule has 2 N–H and O–H groups in total. The highest BCUT2D eigenvalue weighted by molar-refractivity contribution is 14.0. The molecule has 1 aliphatic rings. The molecule has 0 amide bonds. The zero-order valence-electron chi connectivity index (χ0n) is 15.0. The molecule has 0 bridgehead atoms. The number of ether oxygens (including phenoxy) is 3. The van der Waals surface area contributed by atoms with E-state index < -0.39 is 0 Å². The second-order valence-corrected chi connectivity index (χ2v) is 5.58. The summed E-state index contributed by atoms with van der Waals surface area (Å²) in [7, 11) is 0. The highest BCUT2D eigenvalue weighted by Gasteiger charge is 2.13. The summed E-state index contributed by atoms with van der Waals surface area (Å²) in [4.78, 5) is 4.40. The maximum Gasteiger partial charge on any atom is 0.231 e. The summed E-state index contributed by atoms with van der Waals surface area (Å²) in [5, 5.41) is 6.30. The van der Waals surface area contributed by atoms with Gasteiger partial charge >= 0.3 is 0 Å². The van der Waals surface area contributed by atoms with E-state index in [2.05, 4.69) is 15.6 Å². The third kappa shape index (κ3) is 6.16. The van der Waals surface area contributed by atoms with Crippen LogP contribution in [0.2, 0.25) is 0 Å². The van der Waals surface area contributed by atoms with Gasteiger partial charge in [0.2, 0.25) is 6.79 Å². The van der Waals surface area contributed by atoms with Crippen molar-refractivity contribution in [3.63, 3.8) is 0 Å². The van der Waals surface area contributed by atoms with Crippen molar-refractivity contribution in [1.29, 1.82) is 0 Å². The van der Waals surface area contributed by atoms with E-state index in [4.69, 9.17) is 14.2 Å². The van der Waals surface area contributed by atoms with E-state index in [0.717, 1.165) is 5.75 Å². The van der Waals surface area contributed by atoms with Crippen LogP contribution in [0.25, 0.3) is 0 Å². The lowest BCUT2D eigenvalue weighted by molar-refractivity contribution is 0.173. The predicted molar refractivity (Wildman–Crippen MR) is 113 cm³/mol. The molecule has 27 heavy (non-hydrogen) atoms. The Balaban J connectivity index is 0.00000261. The first-order chi connectivity index (χ1) is 12.8. The summed E-state index contributed by atoms with van der Waals surface area (Å²) < 4.78 is 30.0. The fourth-order valence-corrected chi connectivity index (χ4v) is 2.44. The molecule has 146 valence electrons. The normalized spacial score (nSPS) is 12.3. The van der Waals surface area contributed by atoms with Crippen molar-refractivity contribution in [3.05, 3.63) is 53.8 Å². The molecule has 0 aliphatic carbocycles. The van der Waals surface area contributed by atoms with Gasteiger partial charge in [-0.1, -0.05) is 18.2 Å². The van der Waals surface area contributed by atoms with Gasteiger partial charge in [-0.3, -0.25) is 0 Å². The Hall–Kier alpha value is -2.23. The number of fused-ring (bicyclic) bond motifs is 1. The molecule has 0 fully saturated rings. The molecule has 0 saturated heterocycles. The van der Waals surface area contributed by atoms with Gasteiger partial charge in [-0.25, -0.2) is 9.38 Å². The van der Waals surface area contributed by atoms with Crippen molar-refractivity contribution in [2.24, 2.45) is 4.99 Å². The monoisotopic (exact) mass is 487 g/mol. The van der Waals surface area contributed by atoms with E-state index >= 15 is 0 Å². The molecule has 8 heteroatoms. The zero-order chi connectivity index (χ0) is 18.2. The van der Waals surface area contributed by atoms with Gasteiger partial charge in [0.1, 0.15) is 18.2 Å². The number of nitrogens with zero attached hydrogens (tertiary/aromatic N) is 1. The van der Waals surface area contributed by atoms with E-state index in [1.165, 1.54) is 6.07 Å². The van der Waals surface area contributed by atoms with Gasteiger partial charge in [-0.05, 0) is 25.1 Å². The first kappa shape index (κ1) is 21.1. The van der Waals surface area contributed by atoms with Gasteiger partial charge in [0.15, 0.2) is 17.5 Å². The number of hydrogen-bond donors (Lipinski definition) is 2. The van der Waals surface area contributed by atoms with Crippen LogP contribution >= 0.6 is 24.0 Å². The van der Waals surface area contributed by atoms with E-state index in [-0.39, 0.29) is 43.1 Å². The number of hydrogen-bond acceptors (Lipinski definition) is 4. The number of rotatable bonds is 7. The Bertz CT molecular complexity index is 774. The Kier molecular flexibility index (Phi) is 8.43. The summed E-state index contributed by atoms with van der Waals surface area (Å²) >= 11 is 0. The van der Waals surface area contributed by atoms with Crippen molar-refractivity contribution in [3.8, 4) is 17.2 Å². The Morgan fingerprint density at radius 3 is 2.78 bits per heavy atom. The largest absolute Gasteiger partial charge is 0.492 e. The van der Waals surface area contributed by atoms with Crippen molar-refractivity contribution < 1.29 is 18.6 Å². The number of halogens is 2. The van der Waals surface area contributed by atoms with E-state index in [1.807, 2.05) is 19.1 Å². The van der Waals surface area contributed by atoms with Crippen molar-refractivity contribution >= 4 is 29.9 Å². The molecule has 2 aromatic rings. The van der Waals surface area contributed by atoms with Crippen LogP contribution in [0.3, 0.4) is 0 Å². The van der Waals surface area contributed by atoms with E-state index in [9.17, 15) is 4.39 Å². The SMILES string of the molecule is CCNC(=NCc1ccccc1F)NCCOc1ccc2c(c1)OCO2.I. The quantitative estimate of drug-likeness (QED) is 0.272. The first-order valence-corrected chi connectivity index (χ1v) is 8.54. The number of guanidine groups is 1. The molecule has 0 radical (unpaired) electrons. The number of nitrogens with one attached hydrogen (secondary N) is 2. The molecule has 0 atom stereocenters. The van der Waals surface area contributed by atoms with Crippen LogP contribution in [0, 0.1) is 5.82 Å². The van der Waals surface area contributed by atoms with Crippen LogP contribution in [0.15, 0.2) is 47.5 Å². The number of aliphatic imine (C=N–C) groups is 1. The summed E-state index contributed by atoms with van der Waals surface area (Å²) in [6.07, 6.45) is 0. The van der Waals surface area contributed by atoms with Gasteiger partial charge in [0.05, 0.1) is 13.1 Å². The van der Waals surface area contributed by atoms with Gasteiger partial charge in [-0.2, -0.15) is 0 Å². The Morgan fingerprint density at radius 2 is 1.96 bits per heavy atom. The Labute approximate surface area is 175 Å². The molecule has 0 aromatic heterocycles. The molecular weight excluding hydrogens is 464 g/mol. The second kappa shape index (κ2) is 10.8. The summed E-state index contributed by atoms with van der Waals surface area (Å²) in [6, 6.07) is 12.1. The minimum Gasteiger partial charge on any atom is -0.492 e. The summed E-state index contributed by atoms with van der Waals surface area (Å²) in [5.74, 6) is 2.49. The van der Waals surface area contributed by atoms with Crippen LogP contribution < -0.4 is 24.8 Å². The molecule has 2 aromatic carbocycles. The van der Waals surface area contributed by atoms with Gasteiger partial charge in [0, 0.05) is 18.2 Å². The lowest BCUT2D eigenvalue weighted by Crippen LogP contribution is -2.39. The molecular formula is C19H23FIN3O3. The van der Waals surface area contributed by atoms with Crippen LogP contribution in [-0.2, 0) is 6.54 Å². The molecule has 0 spiro atoms. The van der Waals surface area contributed by atoms with Crippen LogP contribution in [0.4, 0.5) is 4.39 Å². The maximum atomic E-state index is 13.7. The maximum absolute atomic E-state index is 13.7. The zero-order valence-corrected chi connectivity index (χ0v) is 17.4. The third-order valence-electron chi connectivity index (χ3n) is 3.72. The molecule has 0 unspecified atom stereocenters. The van der Waals surface area contributed by atoms with Crippen molar-refractivity contribution in [2.45, 2.75) is 13.5 Å². The van der Waals surface area contributed by atoms with Crippen LogP contribution in [0.5, 0.6) is 17.2 Å². The lowest BCUT2D eigenvalue weighted by Gasteiger charge is -2.12. The van der Waals surface area contributed by atoms with Gasteiger partial charge in [0.25, 0.3) is 0 Å². The second-order valence-electron chi connectivity index (χ2n) is 5.58. The van der Waals surface area contributed by atoms with Crippen molar-refractivity contribution in [1.82, 2.24) is 10.6 Å². The summed E-state index contributed by atoms with van der Waals surface area (Å²) in [6.45, 7) is 4.20. The van der Waals surface area contributed by atoms with Crippen molar-refractivity contribution in [2.75, 3.05) is 26.5 Å². The average molecular weight is 487 g/mol. The Morgan fingerprint density at radius 1 is 1.15 bits per heavy atom. The summed E-state index contributed by atoms with van der Waals surface area (Å²) in [5.41, 5.74) is 0.557. The predicted octanol–water partition coefficient (Wildman–Crippen LogP) is 3.31. The van der Waals surface area contributed by atoms with Gasteiger partial charge < -0.3 is 24.8 Å². The average Bonchev–Trinajstić information content (AvgIpc) is 3.12. The molecule has 1 aliphatic heterocycles. The molecule has 1 heterocycles. The first-order valence-electron chi connectivity index (χ1n) is 8.54. The minimum atomic E-state index is -0.252. The highest BCUT2D eigenvalue weighted by Crippen LogP contribution is 2.34. The minimum absolute atomic E-state index is 0. The smallest absolute Gasteiger partial charge is 0.231 e. The van der Waals surface area contributed by atoms with Gasteiger partial charge in [-0.15, -0.1) is 24.0 Å². The van der Waals surface area contributed by atoms with E-state index in [1.54, 1.807) is 24.3 Å². The highest BCUT2D eigenvalue weighted by atomic mass is 127. The molecule has 6 nitrogen and oxygen atoms in total. The molecule has 3 rings (SSSR count). The standard InChI is InChI=1S/C19H22FN3O3.HI/c1-2-21-19(23-12-14-5-3-4-6-16(14)20)22-9-10-24-15-7-8-17-18(11-15)26-13-25-17;/h3-8,11H,2,9-10,12-13H2,1H3,(H2,21,22,23);1H. The van der Waals surface area contributed by atoms with Crippen LogP contribution in [-0.4, -0.2) is 32.4 Å². The fraction of sp³-hybridized carbons (Fsp3) is 0.316. The lowest BCUT2D eigenvalue weighted by atomic mass is 10.2. The van der Waals surface area contributed by atoms with Crippen LogP contribution in [0.1, 0.15) is 12.5 Å². The van der Waals surface area contributed by atoms with E-state index in [0.29, 0.717) is 42.7 Å². The topological polar surface area (TPSA) is 64.1 Å². The fourth-order valence-electron chi connectivity index (χ4n) is 2.44. The number of benzene rings is 2. The molecule has 0 saturated carbocycles. The third-order valence-corrected chi connectivity index (χ3v) is 3.72.